The van der Waals surface area contributed by atoms with Crippen molar-refractivity contribution in [3.05, 3.63) is 0 Å². The first-order valence-corrected chi connectivity index (χ1v) is 4.98. The third kappa shape index (κ3) is 2.74. The highest BCUT2D eigenvalue weighted by Crippen LogP contribution is 2.48. The van der Waals surface area contributed by atoms with Crippen LogP contribution in [-0.4, -0.2) is 51.7 Å². The summed E-state index contributed by atoms with van der Waals surface area (Å²) >= 11 is 0. The lowest BCUT2D eigenvalue weighted by Gasteiger charge is -2.04. The molecule has 6 N–H and O–H groups in total. The van der Waals surface area contributed by atoms with Gasteiger partial charge >= 0.3 is 17.9 Å². The van der Waals surface area contributed by atoms with Crippen LogP contribution in [0.1, 0.15) is 0 Å². The largest absolute Gasteiger partial charge is 0.481 e. The maximum Gasteiger partial charge on any atom is 0.322 e. The van der Waals surface area contributed by atoms with Crippen molar-refractivity contribution in [1.82, 2.24) is 5.32 Å². The van der Waals surface area contributed by atoms with Gasteiger partial charge in [-0.25, -0.2) is 0 Å². The summed E-state index contributed by atoms with van der Waals surface area (Å²) in [7, 11) is 0. The molecule has 0 heterocycles. The molecule has 0 aromatic carbocycles. The number of hydrogen-bond donors (Lipinski definition) is 5. The molecule has 0 radical (unpaired) electrons. The van der Waals surface area contributed by atoms with Crippen molar-refractivity contribution in [3.8, 4) is 0 Å². The first kappa shape index (κ1) is 13.9. The number of aliphatic carboxylic acids is 3. The second-order valence-electron chi connectivity index (χ2n) is 3.94. The number of rotatable bonds is 6. The first-order valence-electron chi connectivity index (χ1n) is 4.98. The molecule has 9 heteroatoms. The zero-order chi connectivity index (χ0) is 14.0. The van der Waals surface area contributed by atoms with Crippen molar-refractivity contribution >= 4 is 23.8 Å². The van der Waals surface area contributed by atoms with Crippen molar-refractivity contribution in [2.45, 2.75) is 6.04 Å². The van der Waals surface area contributed by atoms with Gasteiger partial charge in [0.05, 0.1) is 11.8 Å². The number of hydrogen-bond acceptors (Lipinski definition) is 5. The number of carboxylic acids is 3. The molecule has 4 unspecified atom stereocenters. The van der Waals surface area contributed by atoms with Crippen LogP contribution in [-0.2, 0) is 19.2 Å². The van der Waals surface area contributed by atoms with Gasteiger partial charge < -0.3 is 26.4 Å². The van der Waals surface area contributed by atoms with Gasteiger partial charge in [-0.3, -0.25) is 19.2 Å². The molecule has 4 atom stereocenters. The Morgan fingerprint density at radius 2 is 1.67 bits per heavy atom. The van der Waals surface area contributed by atoms with Gasteiger partial charge in [0.2, 0.25) is 5.91 Å². The van der Waals surface area contributed by atoms with E-state index in [4.69, 9.17) is 21.1 Å². The molecule has 0 bridgehead atoms. The molecule has 9 nitrogen and oxygen atoms in total. The van der Waals surface area contributed by atoms with Gasteiger partial charge in [-0.1, -0.05) is 0 Å². The number of carbonyl (C=O) groups excluding carboxylic acids is 1. The summed E-state index contributed by atoms with van der Waals surface area (Å²) in [5.41, 5.74) is 5.27. The summed E-state index contributed by atoms with van der Waals surface area (Å²) in [4.78, 5) is 43.2. The number of amides is 1. The van der Waals surface area contributed by atoms with Crippen LogP contribution in [0.2, 0.25) is 0 Å². The standard InChI is InChI=1S/C9H12N2O7/c10-6(9(17)18)3-4(5(3)8(15)16)7(14)11-1-2(12)13/h3-6H,1,10H2,(H,11,14)(H,12,13)(H,15,16)(H,17,18). The normalized spacial score (nSPS) is 27.1. The Bertz CT molecular complexity index is 408. The van der Waals surface area contributed by atoms with E-state index in [-0.39, 0.29) is 0 Å². The third-order valence-electron chi connectivity index (χ3n) is 2.78. The SMILES string of the molecule is NC(C(=O)O)C1C(C(=O)O)C1C(=O)NCC(=O)O. The van der Waals surface area contributed by atoms with Gasteiger partial charge in [0.15, 0.2) is 0 Å². The molecule has 0 aromatic rings. The van der Waals surface area contributed by atoms with Crippen LogP contribution in [0.3, 0.4) is 0 Å². The molecule has 0 aromatic heterocycles. The lowest BCUT2D eigenvalue weighted by Crippen LogP contribution is -2.36. The van der Waals surface area contributed by atoms with E-state index in [9.17, 15) is 19.2 Å². The second-order valence-corrected chi connectivity index (χ2v) is 3.94. The number of nitrogens with one attached hydrogen (secondary N) is 1. The molecule has 1 aliphatic carbocycles. The summed E-state index contributed by atoms with van der Waals surface area (Å²) in [6.07, 6.45) is 0. The molecule has 0 aliphatic heterocycles. The maximum absolute atomic E-state index is 11.5. The Morgan fingerprint density at radius 3 is 2.06 bits per heavy atom. The van der Waals surface area contributed by atoms with E-state index in [1.807, 2.05) is 5.32 Å². The van der Waals surface area contributed by atoms with Crippen LogP contribution in [0.25, 0.3) is 0 Å². The minimum Gasteiger partial charge on any atom is -0.481 e. The minimum atomic E-state index is -1.47. The van der Waals surface area contributed by atoms with Crippen molar-refractivity contribution in [2.24, 2.45) is 23.5 Å². The van der Waals surface area contributed by atoms with Crippen molar-refractivity contribution in [2.75, 3.05) is 6.54 Å². The van der Waals surface area contributed by atoms with E-state index in [2.05, 4.69) is 0 Å². The van der Waals surface area contributed by atoms with Gasteiger partial charge in [-0.05, 0) is 0 Å². The number of carboxylic acid groups (broad SMARTS) is 3. The highest BCUT2D eigenvalue weighted by molar-refractivity contribution is 5.93. The molecule has 1 fully saturated rings. The molecule has 0 spiro atoms. The average molecular weight is 260 g/mol. The quantitative estimate of drug-likeness (QED) is 0.350. The van der Waals surface area contributed by atoms with Crippen LogP contribution >= 0.6 is 0 Å². The highest BCUT2D eigenvalue weighted by atomic mass is 16.4. The molecule has 18 heavy (non-hydrogen) atoms. The van der Waals surface area contributed by atoms with E-state index < -0.39 is 54.2 Å². The molecule has 1 rings (SSSR count). The molecular formula is C9H12N2O7. The van der Waals surface area contributed by atoms with Gasteiger partial charge in [0, 0.05) is 5.92 Å². The zero-order valence-electron chi connectivity index (χ0n) is 9.07. The van der Waals surface area contributed by atoms with Crippen LogP contribution in [0, 0.1) is 17.8 Å². The Morgan fingerprint density at radius 1 is 1.11 bits per heavy atom. The number of nitrogens with two attached hydrogens (primary N) is 1. The summed E-state index contributed by atoms with van der Waals surface area (Å²) < 4.78 is 0. The van der Waals surface area contributed by atoms with E-state index in [1.165, 1.54) is 0 Å². The highest BCUT2D eigenvalue weighted by Gasteiger charge is 2.63. The first-order chi connectivity index (χ1) is 8.27. The van der Waals surface area contributed by atoms with Crippen LogP contribution in [0.5, 0.6) is 0 Å². The Hall–Kier alpha value is -2.16. The molecular weight excluding hydrogens is 248 g/mol. The fourth-order valence-corrected chi connectivity index (χ4v) is 1.88. The predicted octanol–water partition coefficient (Wildman–Crippen LogP) is -2.45. The fraction of sp³-hybridized carbons (Fsp3) is 0.556. The van der Waals surface area contributed by atoms with Crippen LogP contribution in [0.4, 0.5) is 0 Å². The summed E-state index contributed by atoms with van der Waals surface area (Å²) in [5.74, 6) is -8.14. The lowest BCUT2D eigenvalue weighted by molar-refractivity contribution is -0.141. The fourth-order valence-electron chi connectivity index (χ4n) is 1.88. The lowest BCUT2D eigenvalue weighted by atomic mass is 10.1. The van der Waals surface area contributed by atoms with Crippen LogP contribution in [0.15, 0.2) is 0 Å². The number of carbonyl (C=O) groups is 4. The Labute approximate surface area is 101 Å². The van der Waals surface area contributed by atoms with Crippen molar-refractivity contribution in [1.29, 1.82) is 0 Å². The second kappa shape index (κ2) is 5.00. The molecule has 1 saturated carbocycles. The van der Waals surface area contributed by atoms with Gasteiger partial charge in [-0.15, -0.1) is 0 Å². The average Bonchev–Trinajstić information content (AvgIpc) is 2.99. The van der Waals surface area contributed by atoms with E-state index in [1.54, 1.807) is 0 Å². The predicted molar refractivity (Wildman–Crippen MR) is 54.4 cm³/mol. The van der Waals surface area contributed by atoms with Crippen LogP contribution < -0.4 is 11.1 Å². The molecule has 0 saturated heterocycles. The van der Waals surface area contributed by atoms with E-state index in [0.717, 1.165) is 0 Å². The van der Waals surface area contributed by atoms with Crippen molar-refractivity contribution in [3.63, 3.8) is 0 Å². The smallest absolute Gasteiger partial charge is 0.322 e. The minimum absolute atomic E-state index is 0.656. The van der Waals surface area contributed by atoms with Gasteiger partial charge in [0.25, 0.3) is 0 Å². The zero-order valence-corrected chi connectivity index (χ0v) is 9.07. The third-order valence-corrected chi connectivity index (χ3v) is 2.78. The maximum atomic E-state index is 11.5. The van der Waals surface area contributed by atoms with Crippen molar-refractivity contribution < 1.29 is 34.5 Å². The van der Waals surface area contributed by atoms with E-state index >= 15 is 0 Å². The van der Waals surface area contributed by atoms with E-state index in [0.29, 0.717) is 0 Å². The molecule has 100 valence electrons. The summed E-state index contributed by atoms with van der Waals surface area (Å²) in [6.45, 7) is -0.656. The molecule has 1 amide bonds. The topological polar surface area (TPSA) is 167 Å². The Balaban J connectivity index is 2.69. The molecule has 1 aliphatic rings. The monoisotopic (exact) mass is 260 g/mol. The Kier molecular flexibility index (Phi) is 3.86. The summed E-state index contributed by atoms with van der Waals surface area (Å²) in [6, 6.07) is -1.47. The van der Waals surface area contributed by atoms with Gasteiger partial charge in [0.1, 0.15) is 12.6 Å². The summed E-state index contributed by atoms with van der Waals surface area (Å²) in [5, 5.41) is 27.8. The van der Waals surface area contributed by atoms with Gasteiger partial charge in [-0.2, -0.15) is 0 Å².